The Kier molecular flexibility index (Phi) is 20.6. The smallest absolute Gasteiger partial charge is 0.410 e. The van der Waals surface area contributed by atoms with Crippen LogP contribution < -0.4 is 21.7 Å². The maximum Gasteiger partial charge on any atom is 0.410 e. The lowest BCUT2D eigenvalue weighted by molar-refractivity contribution is -0.385. The molecule has 0 radical (unpaired) electrons. The molecule has 3 fully saturated rings. The summed E-state index contributed by atoms with van der Waals surface area (Å²) >= 11 is 3.17. The highest BCUT2D eigenvalue weighted by Crippen LogP contribution is 2.27. The number of piperidine rings is 3. The number of halogens is 1. The predicted octanol–water partition coefficient (Wildman–Crippen LogP) is 8.70. The lowest BCUT2D eigenvalue weighted by Crippen LogP contribution is -2.49. The third-order valence-electron chi connectivity index (χ3n) is 11.0. The number of hydrogen-bond donors (Lipinski definition) is 4. The molecule has 0 unspecified atom stereocenters. The fourth-order valence-corrected chi connectivity index (χ4v) is 8.01. The van der Waals surface area contributed by atoms with Crippen molar-refractivity contribution in [2.45, 2.75) is 128 Å². The van der Waals surface area contributed by atoms with E-state index in [-0.39, 0.29) is 51.5 Å². The average molecular weight is 983 g/mol. The molecule has 0 spiro atoms. The number of urea groups is 1. The Bertz CT molecular complexity index is 2060. The molecule has 4 amide bonds. The summed E-state index contributed by atoms with van der Waals surface area (Å²) in [7, 11) is 0. The van der Waals surface area contributed by atoms with Crippen LogP contribution in [0.3, 0.4) is 0 Å². The van der Waals surface area contributed by atoms with Gasteiger partial charge in [-0.05, 0) is 105 Å². The highest BCUT2D eigenvalue weighted by atomic mass is 79.9. The second-order valence-electron chi connectivity index (χ2n) is 18.5. The van der Waals surface area contributed by atoms with Gasteiger partial charge in [0.15, 0.2) is 0 Å². The van der Waals surface area contributed by atoms with E-state index in [4.69, 9.17) is 15.2 Å². The average Bonchev–Trinajstić information content (AvgIpc) is 3.28. The van der Waals surface area contributed by atoms with Gasteiger partial charge in [0.05, 0.1) is 9.85 Å². The van der Waals surface area contributed by atoms with E-state index in [1.807, 2.05) is 64.6 Å². The number of likely N-dealkylation sites (tertiary alicyclic amines) is 2. The number of benzene rings is 3. The fraction of sp³-hybridized carbons (Fsp3) is 0.553. The molecule has 0 bridgehead atoms. The Morgan fingerprint density at radius 1 is 0.742 bits per heavy atom. The topological polar surface area (TPSA) is 228 Å². The Hall–Kier alpha value is -5.37. The van der Waals surface area contributed by atoms with Gasteiger partial charge in [-0.25, -0.2) is 14.4 Å². The quantitative estimate of drug-likeness (QED) is 0.0990. The number of nitro benzene ring substituents is 2. The number of hydrogen-bond acceptors (Lipinski definition) is 12. The number of para-hydroxylation sites is 3. The second-order valence-corrected chi connectivity index (χ2v) is 19.1. The third-order valence-corrected chi connectivity index (χ3v) is 11.7. The van der Waals surface area contributed by atoms with Gasteiger partial charge in [0.1, 0.15) is 11.2 Å². The number of amides is 4. The van der Waals surface area contributed by atoms with Gasteiger partial charge in [-0.3, -0.25) is 20.2 Å². The first-order valence-corrected chi connectivity index (χ1v) is 23.7. The van der Waals surface area contributed by atoms with Gasteiger partial charge >= 0.3 is 18.2 Å². The summed E-state index contributed by atoms with van der Waals surface area (Å²) in [4.78, 5) is 61.7. The van der Waals surface area contributed by atoms with Crippen LogP contribution in [0.1, 0.15) is 96.8 Å². The number of rotatable bonds is 7. The lowest BCUT2D eigenvalue weighted by atomic mass is 10.0. The first-order valence-electron chi connectivity index (χ1n) is 22.6. The summed E-state index contributed by atoms with van der Waals surface area (Å²) in [5.41, 5.74) is 8.72. The van der Waals surface area contributed by atoms with Gasteiger partial charge in [-0.2, -0.15) is 0 Å². The van der Waals surface area contributed by atoms with Crippen molar-refractivity contribution in [3.05, 3.63) is 110 Å². The number of carbonyl (C=O) groups is 3. The van der Waals surface area contributed by atoms with Crippen LogP contribution in [0.2, 0.25) is 0 Å². The van der Waals surface area contributed by atoms with E-state index in [9.17, 15) is 34.6 Å². The summed E-state index contributed by atoms with van der Waals surface area (Å²) in [5, 5.41) is 31.6. The first kappa shape index (κ1) is 53.2. The third kappa shape index (κ3) is 17.8. The first-order chi connectivity index (χ1) is 31.2. The maximum absolute atomic E-state index is 12.1. The molecule has 3 aromatic rings. The van der Waals surface area contributed by atoms with Crippen LogP contribution in [0.15, 0.2) is 72.8 Å². The number of ether oxygens (including phenoxy) is 2. The second kappa shape index (κ2) is 25.5. The predicted molar refractivity (Wildman–Crippen MR) is 258 cm³/mol. The Balaban J connectivity index is 0.000000200. The van der Waals surface area contributed by atoms with Gasteiger partial charge in [-0.15, -0.1) is 0 Å². The van der Waals surface area contributed by atoms with Crippen LogP contribution in [0, 0.1) is 20.2 Å². The van der Waals surface area contributed by atoms with E-state index in [1.54, 1.807) is 46.2 Å². The van der Waals surface area contributed by atoms with Crippen molar-refractivity contribution >= 4 is 51.2 Å². The number of alkyl halides is 1. The number of nitrogens with zero attached hydrogens (tertiary/aromatic N) is 5. The molecule has 4 aliphatic heterocycles. The van der Waals surface area contributed by atoms with E-state index in [1.165, 1.54) is 17.7 Å². The van der Waals surface area contributed by atoms with Crippen molar-refractivity contribution in [3.63, 3.8) is 0 Å². The SMILES string of the molecule is CC(C)(C)OC(=O)N1CCC(N)CC1.CC(C)(C)OC(=O)N1CCC(NCc2ccccc2[N+](=O)[O-])CC1.O=C1Nc2ccccc2CN1C1CCNCC1.O=[N+]([O-])c1ccccc1CBr. The summed E-state index contributed by atoms with van der Waals surface area (Å²) in [6, 6.07) is 22.4. The number of nitro groups is 2. The highest BCUT2D eigenvalue weighted by Gasteiger charge is 2.30. The normalized spacial score (nSPS) is 17.0. The zero-order valence-corrected chi connectivity index (χ0v) is 40.7. The number of nitrogens with two attached hydrogens (primary N) is 1. The molecule has 3 saturated heterocycles. The summed E-state index contributed by atoms with van der Waals surface area (Å²) < 4.78 is 10.6. The molecule has 18 nitrogen and oxygen atoms in total. The van der Waals surface area contributed by atoms with Gasteiger partial charge in [0, 0.05) is 91.7 Å². The van der Waals surface area contributed by atoms with Gasteiger partial charge in [-0.1, -0.05) is 70.5 Å². The molecule has 0 aromatic heterocycles. The largest absolute Gasteiger partial charge is 0.444 e. The molecule has 5 N–H and O–H groups in total. The van der Waals surface area contributed by atoms with Crippen molar-refractivity contribution < 1.29 is 33.7 Å². The number of anilines is 1. The molecule has 0 atom stereocenters. The standard InChI is InChI=1S/C17H25N3O4.C13H17N3O.C10H20N2O2.C7H6BrNO2/c1-17(2,3)24-16(21)19-10-8-14(9-11-19)18-12-13-6-4-5-7-15(13)20(22)23;17-13-15-12-4-2-1-3-10(12)9-16(13)11-5-7-14-8-6-11;1-10(2,3)14-9(13)12-6-4-8(11)5-7-12;8-5-6-3-1-2-4-7(6)9(10)11/h4-7,14,18H,8-12H2,1-3H3;1-4,11,14H,5-9H2,(H,15,17);8H,4-7,11H2,1-3H3;1-4H,5H2. The minimum atomic E-state index is -0.488. The maximum atomic E-state index is 12.1. The zero-order valence-electron chi connectivity index (χ0n) is 39.1. The van der Waals surface area contributed by atoms with Crippen LogP contribution >= 0.6 is 15.9 Å². The molecule has 0 saturated carbocycles. The van der Waals surface area contributed by atoms with Crippen LogP contribution in [0.5, 0.6) is 0 Å². The molecule has 3 aromatic carbocycles. The highest BCUT2D eigenvalue weighted by molar-refractivity contribution is 9.08. The van der Waals surface area contributed by atoms with Crippen molar-refractivity contribution in [2.24, 2.45) is 5.73 Å². The van der Waals surface area contributed by atoms with Crippen LogP contribution in [0.25, 0.3) is 0 Å². The molecular weight excluding hydrogens is 914 g/mol. The van der Waals surface area contributed by atoms with Gasteiger partial charge < -0.3 is 45.9 Å². The van der Waals surface area contributed by atoms with E-state index >= 15 is 0 Å². The van der Waals surface area contributed by atoms with E-state index in [0.717, 1.165) is 76.9 Å². The number of fused-ring (bicyclic) bond motifs is 1. The molecular formula is C47H68BrN9O9. The zero-order chi connectivity index (χ0) is 48.4. The Morgan fingerprint density at radius 3 is 1.71 bits per heavy atom. The molecule has 66 heavy (non-hydrogen) atoms. The molecule has 7 rings (SSSR count). The minimum Gasteiger partial charge on any atom is -0.444 e. The van der Waals surface area contributed by atoms with Crippen molar-refractivity contribution in [2.75, 3.05) is 44.6 Å². The summed E-state index contributed by atoms with van der Waals surface area (Å²) in [6.07, 6.45) is 4.97. The fourth-order valence-electron chi connectivity index (χ4n) is 7.53. The summed E-state index contributed by atoms with van der Waals surface area (Å²) in [6.45, 7) is 17.1. The molecule has 4 heterocycles. The van der Waals surface area contributed by atoms with E-state index in [2.05, 4.69) is 37.9 Å². The van der Waals surface area contributed by atoms with Crippen LogP contribution in [-0.2, 0) is 27.9 Å². The van der Waals surface area contributed by atoms with Gasteiger partial charge in [0.25, 0.3) is 11.4 Å². The van der Waals surface area contributed by atoms with Gasteiger partial charge in [0.2, 0.25) is 0 Å². The van der Waals surface area contributed by atoms with E-state index < -0.39 is 11.2 Å². The Labute approximate surface area is 396 Å². The Morgan fingerprint density at radius 2 is 1.21 bits per heavy atom. The van der Waals surface area contributed by atoms with Crippen molar-refractivity contribution in [1.82, 2.24) is 25.3 Å². The van der Waals surface area contributed by atoms with Crippen molar-refractivity contribution in [1.29, 1.82) is 0 Å². The lowest BCUT2D eigenvalue weighted by Gasteiger charge is -2.37. The number of carbonyl (C=O) groups excluding carboxylic acids is 3. The monoisotopic (exact) mass is 981 g/mol. The molecule has 19 heteroatoms. The molecule has 362 valence electrons. The minimum absolute atomic E-state index is 0.0515. The van der Waals surface area contributed by atoms with Crippen LogP contribution in [-0.4, -0.2) is 111 Å². The van der Waals surface area contributed by atoms with Crippen LogP contribution in [0.4, 0.5) is 31.4 Å². The van der Waals surface area contributed by atoms with Crippen molar-refractivity contribution in [3.8, 4) is 0 Å². The summed E-state index contributed by atoms with van der Waals surface area (Å²) in [5.74, 6) is 0. The molecule has 0 aliphatic carbocycles. The molecule has 4 aliphatic rings. The number of nitrogens with one attached hydrogen (secondary N) is 3. The van der Waals surface area contributed by atoms with E-state index in [0.29, 0.717) is 42.1 Å².